The summed E-state index contributed by atoms with van der Waals surface area (Å²) in [5.41, 5.74) is 0.282. The van der Waals surface area contributed by atoms with Crippen LogP contribution in [0.3, 0.4) is 0 Å². The molecule has 2 N–H and O–H groups in total. The highest BCUT2D eigenvalue weighted by molar-refractivity contribution is 5.87. The summed E-state index contributed by atoms with van der Waals surface area (Å²) in [4.78, 5) is 10.6. The Hall–Kier alpha value is -1.55. The Morgan fingerprint density at radius 1 is 1.35 bits per heavy atom. The molecule has 2 rings (SSSR count). The van der Waals surface area contributed by atoms with Gasteiger partial charge in [-0.3, -0.25) is 0 Å². The number of rotatable bonds is 7. The molecule has 0 saturated heterocycles. The van der Waals surface area contributed by atoms with Gasteiger partial charge in [-0.1, -0.05) is 0 Å². The summed E-state index contributed by atoms with van der Waals surface area (Å²) in [6.45, 7) is 2.53. The van der Waals surface area contributed by atoms with Crippen molar-refractivity contribution >= 4 is 5.97 Å². The zero-order chi connectivity index (χ0) is 12.1. The zero-order valence-electron chi connectivity index (χ0n) is 9.69. The molecule has 0 spiro atoms. The highest BCUT2D eigenvalue weighted by Gasteiger charge is 2.19. The molecule has 0 radical (unpaired) electrons. The van der Waals surface area contributed by atoms with Crippen molar-refractivity contribution in [1.82, 2.24) is 5.32 Å². The van der Waals surface area contributed by atoms with Crippen molar-refractivity contribution in [1.29, 1.82) is 0 Å². The van der Waals surface area contributed by atoms with Gasteiger partial charge in [-0.2, -0.15) is 0 Å². The minimum Gasteiger partial charge on any atom is -0.492 e. The van der Waals surface area contributed by atoms with Crippen LogP contribution in [0.2, 0.25) is 0 Å². The lowest BCUT2D eigenvalue weighted by atomic mass is 10.2. The molecular weight excluding hydrogens is 218 g/mol. The molecule has 17 heavy (non-hydrogen) atoms. The van der Waals surface area contributed by atoms with Crippen LogP contribution in [0.25, 0.3) is 0 Å². The number of carboxylic acids is 1. The van der Waals surface area contributed by atoms with Gasteiger partial charge in [0.05, 0.1) is 5.56 Å². The van der Waals surface area contributed by atoms with Crippen LogP contribution in [-0.2, 0) is 0 Å². The highest BCUT2D eigenvalue weighted by Crippen LogP contribution is 2.27. The predicted molar refractivity (Wildman–Crippen MR) is 64.5 cm³/mol. The number of aromatic carboxylic acids is 1. The molecule has 4 nitrogen and oxygen atoms in total. The Morgan fingerprint density at radius 3 is 2.65 bits per heavy atom. The minimum atomic E-state index is -0.914. The van der Waals surface area contributed by atoms with Crippen molar-refractivity contribution in [2.24, 2.45) is 5.92 Å². The number of nitrogens with one attached hydrogen (secondary N) is 1. The second-order valence-electron chi connectivity index (χ2n) is 4.33. The van der Waals surface area contributed by atoms with E-state index in [4.69, 9.17) is 9.84 Å². The summed E-state index contributed by atoms with van der Waals surface area (Å²) in [6, 6.07) is 6.47. The Labute approximate surface area is 101 Å². The number of carboxylic acid groups (broad SMARTS) is 1. The first-order valence-corrected chi connectivity index (χ1v) is 5.92. The predicted octanol–water partition coefficient (Wildman–Crippen LogP) is 1.76. The second kappa shape index (κ2) is 5.68. The third-order valence-electron chi connectivity index (χ3n) is 2.78. The van der Waals surface area contributed by atoms with E-state index in [1.807, 2.05) is 0 Å². The standard InChI is InChI=1S/C13H17NO3/c15-13(16)11-3-5-12(6-4-11)17-8-7-14-9-10-1-2-10/h3-6,10,14H,1-2,7-9H2,(H,15,16). The lowest BCUT2D eigenvalue weighted by molar-refractivity contribution is 0.0697. The van der Waals surface area contributed by atoms with Gasteiger partial charge in [0, 0.05) is 6.54 Å². The average molecular weight is 235 g/mol. The Morgan fingerprint density at radius 2 is 2.06 bits per heavy atom. The maximum atomic E-state index is 10.6. The number of carbonyl (C=O) groups is 1. The fraction of sp³-hybridized carbons (Fsp3) is 0.462. The lowest BCUT2D eigenvalue weighted by Gasteiger charge is -2.07. The smallest absolute Gasteiger partial charge is 0.335 e. The first-order valence-electron chi connectivity index (χ1n) is 5.92. The molecule has 0 atom stereocenters. The summed E-state index contributed by atoms with van der Waals surface area (Å²) in [6.07, 6.45) is 2.70. The summed E-state index contributed by atoms with van der Waals surface area (Å²) >= 11 is 0. The maximum Gasteiger partial charge on any atom is 0.335 e. The molecule has 1 aromatic carbocycles. The van der Waals surface area contributed by atoms with Gasteiger partial charge < -0.3 is 15.2 Å². The van der Waals surface area contributed by atoms with E-state index in [2.05, 4.69) is 5.32 Å². The molecule has 92 valence electrons. The molecule has 1 aliphatic rings. The van der Waals surface area contributed by atoms with Crippen LogP contribution in [0.15, 0.2) is 24.3 Å². The first kappa shape index (κ1) is 11.9. The molecular formula is C13H17NO3. The molecule has 0 aromatic heterocycles. The molecule has 1 saturated carbocycles. The Balaban J connectivity index is 1.65. The van der Waals surface area contributed by atoms with Crippen molar-refractivity contribution in [3.8, 4) is 5.75 Å². The molecule has 1 aliphatic carbocycles. The lowest BCUT2D eigenvalue weighted by Crippen LogP contribution is -2.23. The molecule has 1 aromatic rings. The number of hydrogen-bond donors (Lipinski definition) is 2. The number of benzene rings is 1. The van der Waals surface area contributed by atoms with E-state index in [1.165, 1.54) is 12.8 Å². The minimum absolute atomic E-state index is 0.282. The molecule has 0 aliphatic heterocycles. The van der Waals surface area contributed by atoms with E-state index in [1.54, 1.807) is 24.3 Å². The maximum absolute atomic E-state index is 10.6. The van der Waals surface area contributed by atoms with Crippen LogP contribution in [0.5, 0.6) is 5.75 Å². The van der Waals surface area contributed by atoms with Crippen LogP contribution in [0, 0.1) is 5.92 Å². The average Bonchev–Trinajstić information content (AvgIpc) is 3.13. The summed E-state index contributed by atoms with van der Waals surface area (Å²) < 4.78 is 5.49. The fourth-order valence-electron chi connectivity index (χ4n) is 1.56. The van der Waals surface area contributed by atoms with E-state index < -0.39 is 5.97 Å². The molecule has 1 fully saturated rings. The topological polar surface area (TPSA) is 58.6 Å². The normalized spacial score (nSPS) is 14.6. The Kier molecular flexibility index (Phi) is 3.98. The molecule has 4 heteroatoms. The van der Waals surface area contributed by atoms with Gasteiger partial charge in [0.1, 0.15) is 12.4 Å². The van der Waals surface area contributed by atoms with E-state index in [-0.39, 0.29) is 5.56 Å². The molecule has 0 heterocycles. The monoisotopic (exact) mass is 235 g/mol. The quantitative estimate of drug-likeness (QED) is 0.707. The van der Waals surface area contributed by atoms with Crippen LogP contribution >= 0.6 is 0 Å². The number of hydrogen-bond acceptors (Lipinski definition) is 3. The number of ether oxygens (including phenoxy) is 1. The van der Waals surface area contributed by atoms with Gasteiger partial charge >= 0.3 is 5.97 Å². The zero-order valence-corrected chi connectivity index (χ0v) is 9.69. The summed E-state index contributed by atoms with van der Waals surface area (Å²) in [7, 11) is 0. The SMILES string of the molecule is O=C(O)c1ccc(OCCNCC2CC2)cc1. The third kappa shape index (κ3) is 4.07. The van der Waals surface area contributed by atoms with Gasteiger partial charge in [-0.25, -0.2) is 4.79 Å². The van der Waals surface area contributed by atoms with Crippen LogP contribution in [0.1, 0.15) is 23.2 Å². The summed E-state index contributed by atoms with van der Waals surface area (Å²) in [5.74, 6) is 0.677. The molecule has 0 amide bonds. The largest absolute Gasteiger partial charge is 0.492 e. The van der Waals surface area contributed by atoms with E-state index in [0.717, 1.165) is 19.0 Å². The van der Waals surface area contributed by atoms with Gasteiger partial charge in [0.15, 0.2) is 0 Å². The van der Waals surface area contributed by atoms with E-state index in [9.17, 15) is 4.79 Å². The second-order valence-corrected chi connectivity index (χ2v) is 4.33. The van der Waals surface area contributed by atoms with Crippen molar-refractivity contribution in [2.75, 3.05) is 19.7 Å². The van der Waals surface area contributed by atoms with Crippen LogP contribution < -0.4 is 10.1 Å². The molecule has 0 unspecified atom stereocenters. The van der Waals surface area contributed by atoms with Crippen molar-refractivity contribution in [3.63, 3.8) is 0 Å². The van der Waals surface area contributed by atoms with Gasteiger partial charge in [-0.05, 0) is 49.6 Å². The fourth-order valence-corrected chi connectivity index (χ4v) is 1.56. The summed E-state index contributed by atoms with van der Waals surface area (Å²) in [5, 5.41) is 12.1. The van der Waals surface area contributed by atoms with E-state index in [0.29, 0.717) is 12.4 Å². The van der Waals surface area contributed by atoms with Gasteiger partial charge in [0.25, 0.3) is 0 Å². The third-order valence-corrected chi connectivity index (χ3v) is 2.78. The van der Waals surface area contributed by atoms with Crippen molar-refractivity contribution in [3.05, 3.63) is 29.8 Å². The molecule has 0 bridgehead atoms. The van der Waals surface area contributed by atoms with Crippen molar-refractivity contribution in [2.45, 2.75) is 12.8 Å². The van der Waals surface area contributed by atoms with Crippen molar-refractivity contribution < 1.29 is 14.6 Å². The highest BCUT2D eigenvalue weighted by atomic mass is 16.5. The van der Waals surface area contributed by atoms with Gasteiger partial charge in [0.2, 0.25) is 0 Å². The van der Waals surface area contributed by atoms with Gasteiger partial charge in [-0.15, -0.1) is 0 Å². The first-order chi connectivity index (χ1) is 8.25. The van der Waals surface area contributed by atoms with Crippen LogP contribution in [-0.4, -0.2) is 30.8 Å². The van der Waals surface area contributed by atoms with E-state index >= 15 is 0 Å². The van der Waals surface area contributed by atoms with Crippen LogP contribution in [0.4, 0.5) is 0 Å². The Bertz CT molecular complexity index is 371.